The lowest BCUT2D eigenvalue weighted by Crippen LogP contribution is -2.00. The van der Waals surface area contributed by atoms with Crippen LogP contribution in [0.4, 0.5) is 0 Å². The molecule has 0 unspecified atom stereocenters. The van der Waals surface area contributed by atoms with Crippen LogP contribution in [0.3, 0.4) is 0 Å². The lowest BCUT2D eigenvalue weighted by atomic mass is 9.97. The number of carbonyl (C=O) groups is 1. The maximum absolute atomic E-state index is 12.6. The lowest BCUT2D eigenvalue weighted by Gasteiger charge is -2.07. The van der Waals surface area contributed by atoms with Crippen molar-refractivity contribution in [2.75, 3.05) is 0 Å². The molecule has 0 saturated heterocycles. The maximum atomic E-state index is 12.6. The summed E-state index contributed by atoms with van der Waals surface area (Å²) in [6, 6.07) is 16.0. The first-order valence-electron chi connectivity index (χ1n) is 6.26. The Morgan fingerprint density at radius 1 is 0.895 bits per heavy atom. The van der Waals surface area contributed by atoms with Crippen LogP contribution >= 0.6 is 11.3 Å². The standard InChI is InChI=1S/C17H14OS/c1-11-7-9-15(14-6-4-3-5-13(11)14)17(18)16-10-8-12(2)19-16/h3-10H,1-2H3. The minimum Gasteiger partial charge on any atom is -0.288 e. The number of carbonyl (C=O) groups excluding carboxylic acids is 1. The van der Waals surface area contributed by atoms with Crippen LogP contribution in [0, 0.1) is 13.8 Å². The SMILES string of the molecule is Cc1ccc(C(=O)c2ccc(C)c3ccccc23)s1. The number of benzene rings is 2. The zero-order valence-corrected chi connectivity index (χ0v) is 11.8. The van der Waals surface area contributed by atoms with Gasteiger partial charge in [-0.15, -0.1) is 11.3 Å². The number of hydrogen-bond acceptors (Lipinski definition) is 2. The predicted molar refractivity (Wildman–Crippen MR) is 81.2 cm³/mol. The highest BCUT2D eigenvalue weighted by Gasteiger charge is 2.14. The molecule has 0 fully saturated rings. The summed E-state index contributed by atoms with van der Waals surface area (Å²) >= 11 is 1.55. The average Bonchev–Trinajstić information content (AvgIpc) is 2.86. The number of hydrogen-bond donors (Lipinski definition) is 0. The van der Waals surface area contributed by atoms with E-state index >= 15 is 0 Å². The third-order valence-corrected chi connectivity index (χ3v) is 4.35. The van der Waals surface area contributed by atoms with Crippen molar-refractivity contribution in [2.45, 2.75) is 13.8 Å². The van der Waals surface area contributed by atoms with Crippen LogP contribution in [0.15, 0.2) is 48.5 Å². The molecule has 19 heavy (non-hydrogen) atoms. The Balaban J connectivity index is 2.21. The van der Waals surface area contributed by atoms with Crippen LogP contribution in [0.5, 0.6) is 0 Å². The van der Waals surface area contributed by atoms with E-state index in [-0.39, 0.29) is 5.78 Å². The van der Waals surface area contributed by atoms with Gasteiger partial charge in [-0.05, 0) is 42.3 Å². The fourth-order valence-corrected chi connectivity index (χ4v) is 3.16. The largest absolute Gasteiger partial charge is 0.288 e. The van der Waals surface area contributed by atoms with Crippen molar-refractivity contribution >= 4 is 27.9 Å². The summed E-state index contributed by atoms with van der Waals surface area (Å²) in [7, 11) is 0. The fraction of sp³-hybridized carbons (Fsp3) is 0.118. The number of rotatable bonds is 2. The van der Waals surface area contributed by atoms with Crippen molar-refractivity contribution in [1.29, 1.82) is 0 Å². The van der Waals surface area contributed by atoms with Crippen LogP contribution in [0.2, 0.25) is 0 Å². The molecule has 3 rings (SSSR count). The third-order valence-electron chi connectivity index (χ3n) is 3.35. The van der Waals surface area contributed by atoms with Gasteiger partial charge >= 0.3 is 0 Å². The van der Waals surface area contributed by atoms with E-state index in [2.05, 4.69) is 13.0 Å². The third kappa shape index (κ3) is 2.08. The van der Waals surface area contributed by atoms with Gasteiger partial charge in [0.25, 0.3) is 0 Å². The Kier molecular flexibility index (Phi) is 2.96. The van der Waals surface area contributed by atoms with Gasteiger partial charge in [-0.1, -0.05) is 36.4 Å². The van der Waals surface area contributed by atoms with E-state index in [1.54, 1.807) is 11.3 Å². The van der Waals surface area contributed by atoms with Crippen molar-refractivity contribution in [2.24, 2.45) is 0 Å². The van der Waals surface area contributed by atoms with Gasteiger partial charge in [0.15, 0.2) is 0 Å². The number of aryl methyl sites for hydroxylation is 2. The fourth-order valence-electron chi connectivity index (χ4n) is 2.34. The normalized spacial score (nSPS) is 10.8. The Morgan fingerprint density at radius 2 is 1.63 bits per heavy atom. The molecule has 2 heteroatoms. The highest BCUT2D eigenvalue weighted by atomic mass is 32.1. The van der Waals surface area contributed by atoms with Crippen LogP contribution < -0.4 is 0 Å². The van der Waals surface area contributed by atoms with Crippen molar-refractivity contribution in [3.05, 3.63) is 69.4 Å². The first-order chi connectivity index (χ1) is 9.16. The first-order valence-corrected chi connectivity index (χ1v) is 7.08. The van der Waals surface area contributed by atoms with E-state index < -0.39 is 0 Å². The average molecular weight is 266 g/mol. The highest BCUT2D eigenvalue weighted by Crippen LogP contribution is 2.26. The van der Waals surface area contributed by atoms with Gasteiger partial charge < -0.3 is 0 Å². The van der Waals surface area contributed by atoms with Crippen LogP contribution in [-0.2, 0) is 0 Å². The van der Waals surface area contributed by atoms with E-state index in [1.807, 2.05) is 49.4 Å². The van der Waals surface area contributed by atoms with E-state index in [4.69, 9.17) is 0 Å². The molecular weight excluding hydrogens is 252 g/mol. The summed E-state index contributed by atoms with van der Waals surface area (Å²) in [5.41, 5.74) is 2.00. The van der Waals surface area contributed by atoms with E-state index in [0.29, 0.717) is 0 Å². The molecule has 0 aliphatic carbocycles. The maximum Gasteiger partial charge on any atom is 0.203 e. The number of ketones is 1. The minimum atomic E-state index is 0.120. The monoisotopic (exact) mass is 266 g/mol. The smallest absolute Gasteiger partial charge is 0.203 e. The van der Waals surface area contributed by atoms with Crippen molar-refractivity contribution in [1.82, 2.24) is 0 Å². The molecule has 0 atom stereocenters. The summed E-state index contributed by atoms with van der Waals surface area (Å²) in [6.07, 6.45) is 0. The molecule has 0 bridgehead atoms. The first kappa shape index (κ1) is 12.1. The molecule has 1 aromatic heterocycles. The second-order valence-electron chi connectivity index (χ2n) is 4.72. The molecule has 2 aromatic carbocycles. The van der Waals surface area contributed by atoms with Crippen LogP contribution in [0.1, 0.15) is 25.7 Å². The quantitative estimate of drug-likeness (QED) is 0.612. The van der Waals surface area contributed by atoms with E-state index in [1.165, 1.54) is 10.4 Å². The second kappa shape index (κ2) is 4.63. The van der Waals surface area contributed by atoms with Gasteiger partial charge in [-0.3, -0.25) is 4.79 Å². The second-order valence-corrected chi connectivity index (χ2v) is 6.00. The van der Waals surface area contributed by atoms with Crippen molar-refractivity contribution in [3.63, 3.8) is 0 Å². The Morgan fingerprint density at radius 3 is 2.32 bits per heavy atom. The zero-order chi connectivity index (χ0) is 13.4. The summed E-state index contributed by atoms with van der Waals surface area (Å²) < 4.78 is 0. The van der Waals surface area contributed by atoms with E-state index in [9.17, 15) is 4.79 Å². The zero-order valence-electron chi connectivity index (χ0n) is 10.9. The molecule has 1 heterocycles. The molecule has 0 saturated carbocycles. The van der Waals surface area contributed by atoms with Gasteiger partial charge in [-0.2, -0.15) is 0 Å². The molecule has 0 aliphatic rings. The molecular formula is C17H14OS. The summed E-state index contributed by atoms with van der Waals surface area (Å²) in [4.78, 5) is 14.6. The van der Waals surface area contributed by atoms with Crippen molar-refractivity contribution in [3.8, 4) is 0 Å². The van der Waals surface area contributed by atoms with E-state index in [0.717, 1.165) is 21.2 Å². The van der Waals surface area contributed by atoms with Gasteiger partial charge in [-0.25, -0.2) is 0 Å². The van der Waals surface area contributed by atoms with Gasteiger partial charge in [0.05, 0.1) is 4.88 Å². The molecule has 0 radical (unpaired) electrons. The van der Waals surface area contributed by atoms with Gasteiger partial charge in [0, 0.05) is 10.4 Å². The highest BCUT2D eigenvalue weighted by molar-refractivity contribution is 7.14. The molecule has 94 valence electrons. The predicted octanol–water partition coefficient (Wildman–Crippen LogP) is 4.75. The van der Waals surface area contributed by atoms with Gasteiger partial charge in [0.2, 0.25) is 5.78 Å². The summed E-state index contributed by atoms with van der Waals surface area (Å²) in [5.74, 6) is 0.120. The van der Waals surface area contributed by atoms with Crippen molar-refractivity contribution < 1.29 is 4.79 Å². The number of thiophene rings is 1. The molecule has 0 spiro atoms. The number of fused-ring (bicyclic) bond motifs is 1. The summed E-state index contributed by atoms with van der Waals surface area (Å²) in [5, 5.41) is 2.19. The molecule has 3 aromatic rings. The Labute approximate surface area is 116 Å². The van der Waals surface area contributed by atoms with Crippen LogP contribution in [-0.4, -0.2) is 5.78 Å². The molecule has 0 N–H and O–H groups in total. The minimum absolute atomic E-state index is 0.120. The lowest BCUT2D eigenvalue weighted by molar-refractivity contribution is 0.104. The van der Waals surface area contributed by atoms with Crippen LogP contribution in [0.25, 0.3) is 10.8 Å². The topological polar surface area (TPSA) is 17.1 Å². The molecule has 0 aliphatic heterocycles. The Bertz CT molecular complexity index is 768. The van der Waals surface area contributed by atoms with Gasteiger partial charge in [0.1, 0.15) is 0 Å². The molecule has 0 amide bonds. The summed E-state index contributed by atoms with van der Waals surface area (Å²) in [6.45, 7) is 4.10. The molecule has 1 nitrogen and oxygen atoms in total. The Hall–Kier alpha value is -1.93.